The minimum Gasteiger partial charge on any atom is -0.390 e. The summed E-state index contributed by atoms with van der Waals surface area (Å²) < 4.78 is 0. The van der Waals surface area contributed by atoms with Crippen molar-refractivity contribution in [2.45, 2.75) is 70.8 Å². The van der Waals surface area contributed by atoms with Crippen molar-refractivity contribution in [3.05, 3.63) is 59.3 Å². The number of allylic oxidation sites excluding steroid dienone is 1. The van der Waals surface area contributed by atoms with Crippen LogP contribution in [-0.4, -0.2) is 56.3 Å². The average Bonchev–Trinajstić information content (AvgIpc) is 3.38. The number of aromatic nitrogens is 1. The molecular formula is C29H36N2O5. The molecular weight excluding hydrogens is 456 g/mol. The Bertz CT molecular complexity index is 1250. The van der Waals surface area contributed by atoms with Gasteiger partial charge < -0.3 is 25.6 Å². The zero-order chi connectivity index (χ0) is 25.8. The fourth-order valence-electron chi connectivity index (χ4n) is 6.90. The number of ketones is 1. The number of aliphatic hydroxyl groups is 3. The van der Waals surface area contributed by atoms with Gasteiger partial charge in [-0.15, -0.1) is 0 Å². The zero-order valence-electron chi connectivity index (χ0n) is 21.1. The Morgan fingerprint density at radius 1 is 1.06 bits per heavy atom. The van der Waals surface area contributed by atoms with E-state index in [1.54, 1.807) is 0 Å². The Hall–Kier alpha value is -2.74. The van der Waals surface area contributed by atoms with Gasteiger partial charge in [-0.2, -0.15) is 0 Å². The quantitative estimate of drug-likeness (QED) is 0.326. The summed E-state index contributed by atoms with van der Waals surface area (Å²) in [5.74, 6) is -1.98. The fourth-order valence-corrected chi connectivity index (χ4v) is 6.90. The molecule has 1 aliphatic heterocycles. The number of H-pyrrole nitrogens is 1. The van der Waals surface area contributed by atoms with Crippen LogP contribution in [0, 0.1) is 23.2 Å². The van der Waals surface area contributed by atoms with E-state index in [9.17, 15) is 24.9 Å². The second-order valence-corrected chi connectivity index (χ2v) is 11.1. The summed E-state index contributed by atoms with van der Waals surface area (Å²) in [7, 11) is 0. The first-order chi connectivity index (χ1) is 17.2. The van der Waals surface area contributed by atoms with Gasteiger partial charge in [0.1, 0.15) is 5.41 Å². The molecule has 7 heteroatoms. The van der Waals surface area contributed by atoms with E-state index in [0.29, 0.717) is 19.3 Å². The zero-order valence-corrected chi connectivity index (χ0v) is 21.1. The summed E-state index contributed by atoms with van der Waals surface area (Å²) in [4.78, 5) is 31.3. The molecule has 1 fully saturated rings. The second-order valence-electron chi connectivity index (χ2n) is 11.1. The van der Waals surface area contributed by atoms with Crippen molar-refractivity contribution in [2.75, 3.05) is 0 Å². The van der Waals surface area contributed by atoms with Gasteiger partial charge in [-0.25, -0.2) is 0 Å². The molecule has 1 aromatic carbocycles. The normalized spacial score (nSPS) is 38.3. The number of rotatable bonds is 2. The first kappa shape index (κ1) is 24.9. The van der Waals surface area contributed by atoms with E-state index in [4.69, 9.17) is 0 Å². The smallest absolute Gasteiger partial charge is 0.235 e. The first-order valence-corrected chi connectivity index (χ1v) is 12.9. The molecule has 2 aliphatic carbocycles. The third-order valence-corrected chi connectivity index (χ3v) is 8.92. The van der Waals surface area contributed by atoms with E-state index >= 15 is 0 Å². The lowest BCUT2D eigenvalue weighted by Gasteiger charge is -2.46. The standard InChI is InChI=1S/C29H36N2O5/c1-15-7-6-9-20-27(35)17(3)16(2)26-22(12-18-14-30-21-10-5-4-8-19(18)21)31-28(36)29(20,26)25(34)13-24(33)23(32)11-15/h4-6,8-10,14-15,20,22-24,26-27,30,32-33,35H,7,11-13H2,1-3H3,(H,31,36)/b9-6-/t15-,20-,22+,23+,24+,26-,27+,29+/m0/s1. The van der Waals surface area contributed by atoms with Crippen LogP contribution >= 0.6 is 0 Å². The maximum Gasteiger partial charge on any atom is 0.235 e. The van der Waals surface area contributed by atoms with Crippen LogP contribution in [0.5, 0.6) is 0 Å². The van der Waals surface area contributed by atoms with E-state index in [1.165, 1.54) is 0 Å². The summed E-state index contributed by atoms with van der Waals surface area (Å²) in [5, 5.41) is 36.9. The van der Waals surface area contributed by atoms with Crippen LogP contribution < -0.4 is 5.32 Å². The van der Waals surface area contributed by atoms with Crippen molar-refractivity contribution in [2.24, 2.45) is 23.2 Å². The van der Waals surface area contributed by atoms with Crippen LogP contribution in [0.2, 0.25) is 0 Å². The Balaban J connectivity index is 1.63. The number of amides is 1. The molecule has 192 valence electrons. The van der Waals surface area contributed by atoms with Crippen LogP contribution in [0.4, 0.5) is 0 Å². The highest BCUT2D eigenvalue weighted by atomic mass is 16.3. The number of aromatic amines is 1. The highest BCUT2D eigenvalue weighted by Gasteiger charge is 2.66. The molecule has 0 unspecified atom stereocenters. The topological polar surface area (TPSA) is 123 Å². The minimum atomic E-state index is -1.55. The number of hydrogen-bond acceptors (Lipinski definition) is 5. The molecule has 36 heavy (non-hydrogen) atoms. The molecule has 7 nitrogen and oxygen atoms in total. The molecule has 1 amide bonds. The Morgan fingerprint density at radius 2 is 1.81 bits per heavy atom. The maximum absolute atomic E-state index is 14.1. The molecule has 1 aromatic heterocycles. The summed E-state index contributed by atoms with van der Waals surface area (Å²) >= 11 is 0. The molecule has 0 radical (unpaired) electrons. The molecule has 1 spiro atoms. The van der Waals surface area contributed by atoms with Gasteiger partial charge in [-0.3, -0.25) is 9.59 Å². The summed E-state index contributed by atoms with van der Waals surface area (Å²) in [5.41, 5.74) is 2.12. The van der Waals surface area contributed by atoms with Crippen molar-refractivity contribution < 1.29 is 24.9 Å². The van der Waals surface area contributed by atoms with Crippen LogP contribution in [0.1, 0.15) is 45.6 Å². The van der Waals surface area contributed by atoms with Crippen molar-refractivity contribution >= 4 is 22.6 Å². The number of nitrogens with one attached hydrogen (secondary N) is 2. The minimum absolute atomic E-state index is 0.0805. The van der Waals surface area contributed by atoms with Gasteiger partial charge >= 0.3 is 0 Å². The number of benzene rings is 1. The van der Waals surface area contributed by atoms with Gasteiger partial charge in [0, 0.05) is 41.4 Å². The molecule has 0 saturated carbocycles. The summed E-state index contributed by atoms with van der Waals surface area (Å²) in [6.45, 7) is 5.75. The van der Waals surface area contributed by atoms with E-state index in [-0.39, 0.29) is 18.4 Å². The van der Waals surface area contributed by atoms with Crippen molar-refractivity contribution in [1.29, 1.82) is 0 Å². The highest BCUT2D eigenvalue weighted by molar-refractivity contribution is 6.10. The highest BCUT2D eigenvalue weighted by Crippen LogP contribution is 2.55. The van der Waals surface area contributed by atoms with Gasteiger partial charge in [0.15, 0.2) is 5.78 Å². The van der Waals surface area contributed by atoms with Crippen molar-refractivity contribution in [3.8, 4) is 0 Å². The van der Waals surface area contributed by atoms with Crippen molar-refractivity contribution in [1.82, 2.24) is 10.3 Å². The number of Topliss-reactive ketones (excluding diaryl/α,β-unsaturated/α-hetero) is 1. The second kappa shape index (κ2) is 9.29. The Kier molecular flexibility index (Phi) is 6.43. The molecule has 1 saturated heterocycles. The van der Waals surface area contributed by atoms with Gasteiger partial charge in [0.2, 0.25) is 5.91 Å². The number of hydrogen-bond donors (Lipinski definition) is 5. The number of carbonyl (C=O) groups is 2. The molecule has 2 heterocycles. The van der Waals surface area contributed by atoms with Crippen LogP contribution in [0.15, 0.2) is 53.8 Å². The Morgan fingerprint density at radius 3 is 2.58 bits per heavy atom. The molecule has 5 rings (SSSR count). The molecule has 0 bridgehead atoms. The molecule has 8 atom stereocenters. The monoisotopic (exact) mass is 492 g/mol. The molecule has 3 aliphatic rings. The van der Waals surface area contributed by atoms with E-state index in [0.717, 1.165) is 27.6 Å². The Labute approximate surface area is 211 Å². The van der Waals surface area contributed by atoms with E-state index in [2.05, 4.69) is 10.3 Å². The van der Waals surface area contributed by atoms with Gasteiger partial charge in [-0.05, 0) is 56.2 Å². The maximum atomic E-state index is 14.1. The SMILES string of the molecule is CC1=C(C)[C@H]2[C@@H](Cc3c[nH]c4ccccc34)NC(=O)[C@]23C(=O)C[C@@H](O)[C@H](O)C[C@@H](C)C/C=C\[C@H]3[C@@H]1O. The van der Waals surface area contributed by atoms with Gasteiger partial charge in [-0.1, -0.05) is 42.8 Å². The lowest BCUT2D eigenvalue weighted by Crippen LogP contribution is -2.56. The number of aliphatic hydroxyl groups excluding tert-OH is 3. The van der Waals surface area contributed by atoms with Gasteiger partial charge in [0.05, 0.1) is 18.3 Å². The third-order valence-electron chi connectivity index (χ3n) is 8.92. The predicted molar refractivity (Wildman–Crippen MR) is 137 cm³/mol. The summed E-state index contributed by atoms with van der Waals surface area (Å²) in [6, 6.07) is 7.62. The third kappa shape index (κ3) is 3.76. The number of fused-ring (bicyclic) bond motifs is 1. The largest absolute Gasteiger partial charge is 0.390 e. The fraction of sp³-hybridized carbons (Fsp3) is 0.517. The van der Waals surface area contributed by atoms with Crippen molar-refractivity contribution in [3.63, 3.8) is 0 Å². The van der Waals surface area contributed by atoms with Gasteiger partial charge in [0.25, 0.3) is 0 Å². The molecule has 2 aromatic rings. The van der Waals surface area contributed by atoms with E-state index < -0.39 is 47.3 Å². The first-order valence-electron chi connectivity index (χ1n) is 12.9. The van der Waals surface area contributed by atoms with Crippen LogP contribution in [-0.2, 0) is 16.0 Å². The average molecular weight is 493 g/mol. The summed E-state index contributed by atoms with van der Waals surface area (Å²) in [6.07, 6.45) is 3.55. The molecule has 5 N–H and O–H groups in total. The lowest BCUT2D eigenvalue weighted by molar-refractivity contribution is -0.150. The number of carbonyl (C=O) groups excluding carboxylic acids is 2. The predicted octanol–water partition coefficient (Wildman–Crippen LogP) is 2.81. The lowest BCUT2D eigenvalue weighted by atomic mass is 9.54. The van der Waals surface area contributed by atoms with Crippen LogP contribution in [0.25, 0.3) is 10.9 Å². The number of para-hydroxylation sites is 1. The van der Waals surface area contributed by atoms with Crippen LogP contribution in [0.3, 0.4) is 0 Å². The van der Waals surface area contributed by atoms with E-state index in [1.807, 2.05) is 63.4 Å².